The second-order valence-electron chi connectivity index (χ2n) is 3.68. The molecule has 1 N–H and O–H groups in total. The lowest BCUT2D eigenvalue weighted by Crippen LogP contribution is -2.13. The molecule has 0 aromatic heterocycles. The van der Waals surface area contributed by atoms with Crippen molar-refractivity contribution in [2.24, 2.45) is 0 Å². The lowest BCUT2D eigenvalue weighted by molar-refractivity contribution is 0.102. The number of halogens is 4. The van der Waals surface area contributed by atoms with Gasteiger partial charge in [0.15, 0.2) is 0 Å². The van der Waals surface area contributed by atoms with Crippen LogP contribution >= 0.6 is 43.5 Å². The molecule has 0 unspecified atom stereocenters. The van der Waals surface area contributed by atoms with E-state index in [1.54, 1.807) is 18.2 Å². The van der Waals surface area contributed by atoms with Crippen molar-refractivity contribution in [2.75, 3.05) is 5.32 Å². The van der Waals surface area contributed by atoms with Gasteiger partial charge < -0.3 is 5.32 Å². The first kappa shape index (κ1) is 14.5. The van der Waals surface area contributed by atoms with E-state index in [2.05, 4.69) is 37.2 Å². The van der Waals surface area contributed by atoms with Crippen molar-refractivity contribution in [2.45, 2.75) is 0 Å². The Labute approximate surface area is 131 Å². The van der Waals surface area contributed by atoms with E-state index in [1.807, 2.05) is 0 Å². The fourth-order valence-corrected chi connectivity index (χ4v) is 2.53. The predicted molar refractivity (Wildman–Crippen MR) is 81.2 cm³/mol. The summed E-state index contributed by atoms with van der Waals surface area (Å²) in [4.78, 5) is 12.1. The van der Waals surface area contributed by atoms with E-state index in [0.717, 1.165) is 0 Å². The third-order valence-electron chi connectivity index (χ3n) is 2.38. The van der Waals surface area contributed by atoms with Gasteiger partial charge in [0.2, 0.25) is 0 Å². The molecule has 2 rings (SSSR count). The fourth-order valence-electron chi connectivity index (χ4n) is 1.46. The minimum Gasteiger partial charge on any atom is -0.321 e. The normalized spacial score (nSPS) is 10.3. The molecule has 0 heterocycles. The van der Waals surface area contributed by atoms with Crippen LogP contribution in [-0.4, -0.2) is 5.91 Å². The van der Waals surface area contributed by atoms with Crippen LogP contribution in [0.3, 0.4) is 0 Å². The quantitative estimate of drug-likeness (QED) is 0.723. The van der Waals surface area contributed by atoms with E-state index >= 15 is 0 Å². The average molecular weight is 407 g/mol. The fraction of sp³-hybridized carbons (Fsp3) is 0. The highest BCUT2D eigenvalue weighted by Crippen LogP contribution is 2.30. The number of benzene rings is 2. The zero-order chi connectivity index (χ0) is 14.0. The van der Waals surface area contributed by atoms with Gasteiger partial charge in [0.05, 0.1) is 20.7 Å². The molecule has 2 aromatic rings. The molecule has 0 bridgehead atoms. The van der Waals surface area contributed by atoms with Crippen LogP contribution in [0.15, 0.2) is 45.3 Å². The Morgan fingerprint density at radius 3 is 2.63 bits per heavy atom. The molecule has 0 radical (unpaired) electrons. The predicted octanol–water partition coefficient (Wildman–Crippen LogP) is 5.26. The van der Waals surface area contributed by atoms with Crippen molar-refractivity contribution in [3.8, 4) is 0 Å². The van der Waals surface area contributed by atoms with Crippen molar-refractivity contribution in [3.05, 3.63) is 61.7 Å². The lowest BCUT2D eigenvalue weighted by Gasteiger charge is -2.09. The van der Waals surface area contributed by atoms with Gasteiger partial charge in [0, 0.05) is 4.47 Å². The largest absolute Gasteiger partial charge is 0.321 e. The van der Waals surface area contributed by atoms with Crippen LogP contribution in [0.4, 0.5) is 10.1 Å². The maximum absolute atomic E-state index is 13.0. The number of hydrogen-bond donors (Lipinski definition) is 1. The lowest BCUT2D eigenvalue weighted by atomic mass is 10.2. The van der Waals surface area contributed by atoms with E-state index in [9.17, 15) is 9.18 Å². The average Bonchev–Trinajstić information content (AvgIpc) is 2.34. The molecule has 2 nitrogen and oxygen atoms in total. The van der Waals surface area contributed by atoms with E-state index < -0.39 is 5.82 Å². The Morgan fingerprint density at radius 2 is 1.95 bits per heavy atom. The first-order valence-electron chi connectivity index (χ1n) is 5.19. The Hall–Kier alpha value is -0.910. The molecule has 0 fully saturated rings. The van der Waals surface area contributed by atoms with Crippen molar-refractivity contribution in [3.63, 3.8) is 0 Å². The van der Waals surface area contributed by atoms with Gasteiger partial charge in [-0.2, -0.15) is 0 Å². The van der Waals surface area contributed by atoms with Crippen molar-refractivity contribution in [1.29, 1.82) is 0 Å². The van der Waals surface area contributed by atoms with Gasteiger partial charge in [-0.15, -0.1) is 0 Å². The van der Waals surface area contributed by atoms with Crippen LogP contribution in [0.5, 0.6) is 0 Å². The van der Waals surface area contributed by atoms with Crippen LogP contribution in [-0.2, 0) is 0 Å². The van der Waals surface area contributed by atoms with E-state index in [4.69, 9.17) is 11.6 Å². The Bertz CT molecular complexity index is 649. The van der Waals surface area contributed by atoms with Crippen LogP contribution in [0.2, 0.25) is 5.02 Å². The number of rotatable bonds is 2. The van der Waals surface area contributed by atoms with Crippen molar-refractivity contribution >= 4 is 55.1 Å². The maximum atomic E-state index is 13.0. The van der Waals surface area contributed by atoms with Gasteiger partial charge >= 0.3 is 0 Å². The van der Waals surface area contributed by atoms with Crippen LogP contribution in [0.25, 0.3) is 0 Å². The highest BCUT2D eigenvalue weighted by molar-refractivity contribution is 9.11. The van der Waals surface area contributed by atoms with Gasteiger partial charge in [0.25, 0.3) is 5.91 Å². The number of carbonyl (C=O) groups is 1. The van der Waals surface area contributed by atoms with E-state index in [-0.39, 0.29) is 5.91 Å². The van der Waals surface area contributed by atoms with E-state index in [1.165, 1.54) is 18.2 Å². The highest BCUT2D eigenvalue weighted by atomic mass is 79.9. The summed E-state index contributed by atoms with van der Waals surface area (Å²) in [6.45, 7) is 0. The topological polar surface area (TPSA) is 29.1 Å². The Balaban J connectivity index is 2.28. The smallest absolute Gasteiger partial charge is 0.256 e. The molecule has 6 heteroatoms. The summed E-state index contributed by atoms with van der Waals surface area (Å²) in [5.74, 6) is -0.762. The molecule has 0 aliphatic heterocycles. The van der Waals surface area contributed by atoms with Gasteiger partial charge in [-0.3, -0.25) is 4.79 Å². The first-order chi connectivity index (χ1) is 8.99. The molecule has 1 amide bonds. The second-order valence-corrected chi connectivity index (χ2v) is 5.73. The van der Waals surface area contributed by atoms with Gasteiger partial charge in [-0.1, -0.05) is 17.7 Å². The molecule has 0 saturated carbocycles. The third-order valence-corrected chi connectivity index (χ3v) is 4.43. The number of carbonyl (C=O) groups excluding carboxylic acids is 1. The highest BCUT2D eigenvalue weighted by Gasteiger charge is 2.13. The minimum atomic E-state index is -0.410. The standard InChI is InChI=1S/C13H7Br2ClFNO/c14-9-6-7(17)4-5-8(9)13(19)18-11-3-1-2-10(16)12(11)15/h1-6H,(H,18,19). The molecular weight excluding hydrogens is 400 g/mol. The second kappa shape index (κ2) is 6.03. The first-order valence-corrected chi connectivity index (χ1v) is 7.16. The van der Waals surface area contributed by atoms with Crippen LogP contribution in [0, 0.1) is 5.82 Å². The molecule has 0 aliphatic carbocycles. The number of anilines is 1. The molecule has 0 aliphatic rings. The van der Waals surface area contributed by atoms with Crippen LogP contribution in [0.1, 0.15) is 10.4 Å². The van der Waals surface area contributed by atoms with Crippen molar-refractivity contribution < 1.29 is 9.18 Å². The SMILES string of the molecule is O=C(Nc1cccc(Cl)c1Br)c1ccc(F)cc1Br. The van der Waals surface area contributed by atoms with Gasteiger partial charge in [-0.05, 0) is 62.2 Å². The summed E-state index contributed by atoms with van der Waals surface area (Å²) < 4.78 is 14.0. The summed E-state index contributed by atoms with van der Waals surface area (Å²) in [6, 6.07) is 9.02. The zero-order valence-corrected chi connectivity index (χ0v) is 13.3. The Kier molecular flexibility index (Phi) is 4.60. The Morgan fingerprint density at radius 1 is 1.21 bits per heavy atom. The van der Waals surface area contributed by atoms with Gasteiger partial charge in [-0.25, -0.2) is 4.39 Å². The molecule has 98 valence electrons. The molecule has 0 spiro atoms. The number of amides is 1. The number of hydrogen-bond acceptors (Lipinski definition) is 1. The molecular formula is C13H7Br2ClFNO. The summed E-state index contributed by atoms with van der Waals surface area (Å²) in [5.41, 5.74) is 0.891. The monoisotopic (exact) mass is 405 g/mol. The minimum absolute atomic E-state index is 0.341. The molecule has 0 saturated heterocycles. The van der Waals surface area contributed by atoms with Crippen LogP contribution < -0.4 is 5.32 Å². The zero-order valence-electron chi connectivity index (χ0n) is 9.38. The van der Waals surface area contributed by atoms with Crippen molar-refractivity contribution in [1.82, 2.24) is 0 Å². The molecule has 2 aromatic carbocycles. The summed E-state index contributed by atoms with van der Waals surface area (Å²) in [6.07, 6.45) is 0. The summed E-state index contributed by atoms with van der Waals surface area (Å²) in [7, 11) is 0. The molecule has 0 atom stereocenters. The summed E-state index contributed by atoms with van der Waals surface area (Å²) in [5, 5.41) is 3.20. The third kappa shape index (κ3) is 3.35. The van der Waals surface area contributed by atoms with Gasteiger partial charge in [0.1, 0.15) is 5.82 Å². The van der Waals surface area contributed by atoms with E-state index in [0.29, 0.717) is 25.2 Å². The number of nitrogens with one attached hydrogen (secondary N) is 1. The summed E-state index contributed by atoms with van der Waals surface area (Å²) >= 11 is 12.4. The molecule has 19 heavy (non-hydrogen) atoms. The maximum Gasteiger partial charge on any atom is 0.256 e.